The SMILES string of the molecule is N#Cc1ccc(-c2coc3c(-c4ccc(NC5CCOCC5)c(C#N)c4)ccnc23)cc1. The molecule has 156 valence electrons. The van der Waals surface area contributed by atoms with Gasteiger partial charge < -0.3 is 14.5 Å². The van der Waals surface area contributed by atoms with Crippen molar-refractivity contribution in [3.8, 4) is 34.4 Å². The monoisotopic (exact) mass is 420 g/mol. The van der Waals surface area contributed by atoms with Gasteiger partial charge >= 0.3 is 0 Å². The summed E-state index contributed by atoms with van der Waals surface area (Å²) in [5, 5.41) is 22.3. The van der Waals surface area contributed by atoms with Crippen molar-refractivity contribution in [2.24, 2.45) is 0 Å². The van der Waals surface area contributed by atoms with Gasteiger partial charge in [0.15, 0.2) is 5.58 Å². The Hall–Kier alpha value is -4.13. The molecule has 0 unspecified atom stereocenters. The minimum Gasteiger partial charge on any atom is -0.461 e. The first-order chi connectivity index (χ1) is 15.8. The second-order valence-corrected chi connectivity index (χ2v) is 7.78. The maximum Gasteiger partial charge on any atom is 0.160 e. The lowest BCUT2D eigenvalue weighted by atomic mass is 10.00. The number of nitriles is 2. The Morgan fingerprint density at radius 2 is 1.69 bits per heavy atom. The molecule has 6 heteroatoms. The fourth-order valence-electron chi connectivity index (χ4n) is 4.08. The van der Waals surface area contributed by atoms with E-state index < -0.39 is 0 Å². The number of rotatable bonds is 4. The number of ether oxygens (including phenoxy) is 1. The molecule has 2 aromatic heterocycles. The number of fused-ring (bicyclic) bond motifs is 1. The Morgan fingerprint density at radius 3 is 2.44 bits per heavy atom. The first-order valence-electron chi connectivity index (χ1n) is 10.5. The number of hydrogen-bond donors (Lipinski definition) is 1. The summed E-state index contributed by atoms with van der Waals surface area (Å²) in [5.41, 5.74) is 7.02. The number of anilines is 1. The molecular weight excluding hydrogens is 400 g/mol. The van der Waals surface area contributed by atoms with E-state index in [2.05, 4.69) is 22.4 Å². The first-order valence-corrected chi connectivity index (χ1v) is 10.5. The van der Waals surface area contributed by atoms with Crippen molar-refractivity contribution in [2.45, 2.75) is 18.9 Å². The van der Waals surface area contributed by atoms with Crippen molar-refractivity contribution >= 4 is 16.8 Å². The van der Waals surface area contributed by atoms with Crippen LogP contribution in [-0.2, 0) is 4.74 Å². The standard InChI is InChI=1S/C26H20N4O2/c27-14-17-1-3-18(4-2-17)23-16-32-26-22(7-10-29-25(23)26)19-5-6-24(20(13-19)15-28)30-21-8-11-31-12-9-21/h1-7,10,13,16,21,30H,8-9,11-12H2. The Bertz CT molecular complexity index is 1350. The Morgan fingerprint density at radius 1 is 0.906 bits per heavy atom. The quantitative estimate of drug-likeness (QED) is 0.469. The van der Waals surface area contributed by atoms with Crippen molar-refractivity contribution in [1.82, 2.24) is 4.98 Å². The molecule has 0 bridgehead atoms. The number of nitrogens with one attached hydrogen (secondary N) is 1. The third-order valence-electron chi connectivity index (χ3n) is 5.81. The van der Waals surface area contributed by atoms with E-state index in [4.69, 9.17) is 14.4 Å². The van der Waals surface area contributed by atoms with E-state index in [0.717, 1.165) is 59.5 Å². The largest absolute Gasteiger partial charge is 0.461 e. The zero-order valence-electron chi connectivity index (χ0n) is 17.3. The number of furan rings is 1. The van der Waals surface area contributed by atoms with Crippen LogP contribution in [-0.4, -0.2) is 24.2 Å². The number of nitrogens with zero attached hydrogens (tertiary/aromatic N) is 3. The lowest BCUT2D eigenvalue weighted by molar-refractivity contribution is 0.0904. The molecule has 1 aliphatic rings. The van der Waals surface area contributed by atoms with E-state index in [1.165, 1.54) is 0 Å². The summed E-state index contributed by atoms with van der Waals surface area (Å²) in [4.78, 5) is 4.54. The van der Waals surface area contributed by atoms with Crippen molar-refractivity contribution < 1.29 is 9.15 Å². The lowest BCUT2D eigenvalue weighted by Crippen LogP contribution is -2.28. The van der Waals surface area contributed by atoms with E-state index in [1.54, 1.807) is 24.6 Å². The normalized spacial score (nSPS) is 14.1. The fraction of sp³-hybridized carbons (Fsp3) is 0.192. The topological polar surface area (TPSA) is 94.9 Å². The number of aromatic nitrogens is 1. The predicted molar refractivity (Wildman–Crippen MR) is 122 cm³/mol. The first kappa shape index (κ1) is 19.8. The van der Waals surface area contributed by atoms with Gasteiger partial charge in [-0.1, -0.05) is 18.2 Å². The molecule has 0 amide bonds. The number of hydrogen-bond acceptors (Lipinski definition) is 6. The molecule has 0 atom stereocenters. The van der Waals surface area contributed by atoms with Crippen molar-refractivity contribution in [2.75, 3.05) is 18.5 Å². The van der Waals surface area contributed by atoms with Gasteiger partial charge in [-0.25, -0.2) is 0 Å². The molecule has 0 saturated carbocycles. The molecule has 6 nitrogen and oxygen atoms in total. The van der Waals surface area contributed by atoms with Crippen LogP contribution in [0.15, 0.2) is 65.4 Å². The van der Waals surface area contributed by atoms with Gasteiger partial charge in [-0.05, 0) is 54.3 Å². The van der Waals surface area contributed by atoms with E-state index in [9.17, 15) is 5.26 Å². The van der Waals surface area contributed by atoms with E-state index >= 15 is 0 Å². The molecule has 2 aromatic carbocycles. The minimum absolute atomic E-state index is 0.314. The van der Waals surface area contributed by atoms with Gasteiger partial charge in [0.05, 0.1) is 22.9 Å². The van der Waals surface area contributed by atoms with Crippen molar-refractivity contribution in [3.63, 3.8) is 0 Å². The molecule has 1 N–H and O–H groups in total. The van der Waals surface area contributed by atoms with E-state index in [1.807, 2.05) is 36.4 Å². The summed E-state index contributed by atoms with van der Waals surface area (Å²) in [5.74, 6) is 0. The van der Waals surface area contributed by atoms with Crippen molar-refractivity contribution in [3.05, 3.63) is 72.1 Å². The zero-order chi connectivity index (χ0) is 21.9. The van der Waals surface area contributed by atoms with Gasteiger partial charge in [0.25, 0.3) is 0 Å². The van der Waals surface area contributed by atoms with Crippen LogP contribution in [0.25, 0.3) is 33.4 Å². The van der Waals surface area contributed by atoms with Gasteiger partial charge in [0.2, 0.25) is 0 Å². The number of benzene rings is 2. The highest BCUT2D eigenvalue weighted by Crippen LogP contribution is 2.36. The van der Waals surface area contributed by atoms with Crippen LogP contribution in [0.5, 0.6) is 0 Å². The summed E-state index contributed by atoms with van der Waals surface area (Å²) < 4.78 is 11.4. The smallest absolute Gasteiger partial charge is 0.160 e. The highest BCUT2D eigenvalue weighted by atomic mass is 16.5. The third kappa shape index (κ3) is 3.69. The summed E-state index contributed by atoms with van der Waals surface area (Å²) in [6.07, 6.45) is 5.31. The zero-order valence-corrected chi connectivity index (χ0v) is 17.3. The molecule has 5 rings (SSSR count). The minimum atomic E-state index is 0.314. The van der Waals surface area contributed by atoms with Gasteiger partial charge in [0, 0.05) is 36.6 Å². The maximum absolute atomic E-state index is 9.75. The summed E-state index contributed by atoms with van der Waals surface area (Å²) in [7, 11) is 0. The van der Waals surface area contributed by atoms with E-state index in [-0.39, 0.29) is 0 Å². The third-order valence-corrected chi connectivity index (χ3v) is 5.81. The molecule has 0 aliphatic carbocycles. The van der Waals surface area contributed by atoms with E-state index in [0.29, 0.717) is 22.8 Å². The fourth-order valence-corrected chi connectivity index (χ4v) is 4.08. The number of pyridine rings is 1. The lowest BCUT2D eigenvalue weighted by Gasteiger charge is -2.24. The average Bonchev–Trinajstić information content (AvgIpc) is 3.29. The van der Waals surface area contributed by atoms with Crippen LogP contribution in [0, 0.1) is 22.7 Å². The molecule has 1 saturated heterocycles. The average molecular weight is 420 g/mol. The van der Waals surface area contributed by atoms with Gasteiger partial charge in [-0.15, -0.1) is 0 Å². The van der Waals surface area contributed by atoms with Crippen LogP contribution in [0.4, 0.5) is 5.69 Å². The molecule has 1 aliphatic heterocycles. The van der Waals surface area contributed by atoms with Gasteiger partial charge in [0.1, 0.15) is 17.8 Å². The van der Waals surface area contributed by atoms with Crippen LogP contribution >= 0.6 is 0 Å². The molecule has 1 fully saturated rings. The molecule has 0 spiro atoms. The summed E-state index contributed by atoms with van der Waals surface area (Å²) in [6.45, 7) is 1.49. The van der Waals surface area contributed by atoms with Crippen LogP contribution < -0.4 is 5.32 Å². The van der Waals surface area contributed by atoms with Crippen LogP contribution in [0.1, 0.15) is 24.0 Å². The predicted octanol–water partition coefficient (Wildman–Crippen LogP) is 5.50. The second-order valence-electron chi connectivity index (χ2n) is 7.78. The summed E-state index contributed by atoms with van der Waals surface area (Å²) in [6, 6.07) is 19.9. The van der Waals surface area contributed by atoms with Crippen molar-refractivity contribution in [1.29, 1.82) is 10.5 Å². The summed E-state index contributed by atoms with van der Waals surface area (Å²) >= 11 is 0. The van der Waals surface area contributed by atoms with Crippen LogP contribution in [0.2, 0.25) is 0 Å². The Kier molecular flexibility index (Phi) is 5.29. The Balaban J connectivity index is 1.51. The van der Waals surface area contributed by atoms with Crippen LogP contribution in [0.3, 0.4) is 0 Å². The molecule has 0 radical (unpaired) electrons. The Labute approximate surface area is 185 Å². The highest BCUT2D eigenvalue weighted by molar-refractivity contribution is 5.99. The molecule has 32 heavy (non-hydrogen) atoms. The molecule has 4 aromatic rings. The highest BCUT2D eigenvalue weighted by Gasteiger charge is 2.17. The maximum atomic E-state index is 9.75. The second kappa shape index (κ2) is 8.55. The van der Waals surface area contributed by atoms with Gasteiger partial charge in [-0.2, -0.15) is 10.5 Å². The molecular formula is C26H20N4O2. The molecule has 3 heterocycles. The van der Waals surface area contributed by atoms with Gasteiger partial charge in [-0.3, -0.25) is 4.98 Å².